The van der Waals surface area contributed by atoms with Gasteiger partial charge in [-0.3, -0.25) is 4.79 Å². The van der Waals surface area contributed by atoms with Crippen LogP contribution in [-0.4, -0.2) is 45.5 Å². The number of nitrogens with one attached hydrogen (secondary N) is 1. The molecule has 0 bridgehead atoms. The fraction of sp³-hybridized carbons (Fsp3) is 0.389. The molecule has 6 nitrogen and oxygen atoms in total. The van der Waals surface area contributed by atoms with Crippen molar-refractivity contribution >= 4 is 27.3 Å². The van der Waals surface area contributed by atoms with Crippen LogP contribution in [-0.2, 0) is 14.8 Å². The Kier molecular flexibility index (Phi) is 6.29. The quantitative estimate of drug-likeness (QED) is 0.782. The number of nitrogens with zero attached hydrogens (tertiary/aromatic N) is 1. The second kappa shape index (κ2) is 8.66. The average molecular weight is 395 g/mol. The normalized spacial score (nSPS) is 15.8. The largest absolute Gasteiger partial charge is 0.484 e. The Morgan fingerprint density at radius 1 is 1.15 bits per heavy atom. The highest BCUT2D eigenvalue weighted by atomic mass is 32.2. The predicted molar refractivity (Wildman–Crippen MR) is 101 cm³/mol. The van der Waals surface area contributed by atoms with Gasteiger partial charge in [0.1, 0.15) is 9.96 Å². The van der Waals surface area contributed by atoms with Crippen LogP contribution in [0.25, 0.3) is 0 Å². The molecule has 0 atom stereocenters. The molecule has 3 rings (SSSR count). The first-order valence-corrected chi connectivity index (χ1v) is 10.9. The van der Waals surface area contributed by atoms with Crippen molar-refractivity contribution in [2.75, 3.05) is 26.2 Å². The lowest BCUT2D eigenvalue weighted by Crippen LogP contribution is -2.43. The van der Waals surface area contributed by atoms with Gasteiger partial charge in [-0.15, -0.1) is 11.3 Å². The first-order chi connectivity index (χ1) is 12.5. The van der Waals surface area contributed by atoms with Crippen LogP contribution in [0.3, 0.4) is 0 Å². The number of sulfonamides is 1. The van der Waals surface area contributed by atoms with Crippen LogP contribution in [0.2, 0.25) is 0 Å². The molecule has 1 amide bonds. The third kappa shape index (κ3) is 5.06. The zero-order chi connectivity index (χ0) is 18.4. The second-order valence-corrected chi connectivity index (χ2v) is 9.15. The van der Waals surface area contributed by atoms with E-state index in [2.05, 4.69) is 4.72 Å². The Balaban J connectivity index is 1.40. The summed E-state index contributed by atoms with van der Waals surface area (Å²) in [6.07, 6.45) is 1.56. The number of likely N-dealkylation sites (tertiary alicyclic amines) is 1. The van der Waals surface area contributed by atoms with E-state index in [1.54, 1.807) is 22.4 Å². The minimum absolute atomic E-state index is 0.0275. The molecule has 1 saturated heterocycles. The molecule has 1 fully saturated rings. The monoisotopic (exact) mass is 394 g/mol. The van der Waals surface area contributed by atoms with E-state index in [0.29, 0.717) is 29.6 Å². The molecule has 1 aromatic carbocycles. The maximum absolute atomic E-state index is 12.2. The van der Waals surface area contributed by atoms with E-state index < -0.39 is 10.0 Å². The van der Waals surface area contributed by atoms with Crippen molar-refractivity contribution in [1.82, 2.24) is 9.62 Å². The fourth-order valence-electron chi connectivity index (χ4n) is 2.85. The third-order valence-corrected chi connectivity index (χ3v) is 7.22. The van der Waals surface area contributed by atoms with E-state index >= 15 is 0 Å². The lowest BCUT2D eigenvalue weighted by molar-refractivity contribution is -0.134. The van der Waals surface area contributed by atoms with Crippen LogP contribution in [0.1, 0.15) is 12.8 Å². The molecule has 0 spiro atoms. The maximum atomic E-state index is 12.2. The molecule has 8 heteroatoms. The smallest absolute Gasteiger partial charge is 0.260 e. The van der Waals surface area contributed by atoms with Gasteiger partial charge in [0.2, 0.25) is 10.0 Å². The van der Waals surface area contributed by atoms with Crippen molar-refractivity contribution in [2.24, 2.45) is 5.92 Å². The van der Waals surface area contributed by atoms with Crippen LogP contribution in [0.5, 0.6) is 5.75 Å². The Hall–Kier alpha value is -1.90. The number of piperidine rings is 1. The van der Waals surface area contributed by atoms with Crippen LogP contribution in [0.4, 0.5) is 0 Å². The first-order valence-electron chi connectivity index (χ1n) is 8.53. The summed E-state index contributed by atoms with van der Waals surface area (Å²) in [5, 5.41) is 1.75. The number of thiophene rings is 1. The first kappa shape index (κ1) is 18.9. The van der Waals surface area contributed by atoms with E-state index in [1.807, 2.05) is 30.3 Å². The molecule has 0 unspecified atom stereocenters. The Morgan fingerprint density at radius 2 is 1.88 bits per heavy atom. The second-order valence-electron chi connectivity index (χ2n) is 6.21. The zero-order valence-corrected chi connectivity index (χ0v) is 16.0. The van der Waals surface area contributed by atoms with Crippen molar-refractivity contribution in [1.29, 1.82) is 0 Å². The van der Waals surface area contributed by atoms with Crippen LogP contribution in [0.15, 0.2) is 52.1 Å². The highest BCUT2D eigenvalue weighted by Crippen LogP contribution is 2.19. The van der Waals surface area contributed by atoms with Gasteiger partial charge >= 0.3 is 0 Å². The summed E-state index contributed by atoms with van der Waals surface area (Å²) in [7, 11) is -3.42. The van der Waals surface area contributed by atoms with Gasteiger partial charge in [0.05, 0.1) is 0 Å². The minimum Gasteiger partial charge on any atom is -0.484 e. The van der Waals surface area contributed by atoms with Gasteiger partial charge in [0, 0.05) is 19.6 Å². The van der Waals surface area contributed by atoms with Crippen LogP contribution >= 0.6 is 11.3 Å². The van der Waals surface area contributed by atoms with E-state index in [1.165, 1.54) is 11.3 Å². The van der Waals surface area contributed by atoms with Crippen LogP contribution in [0, 0.1) is 5.92 Å². The number of carbonyl (C=O) groups excluding carboxylic acids is 1. The zero-order valence-electron chi connectivity index (χ0n) is 14.3. The number of rotatable bonds is 7. The summed E-state index contributed by atoms with van der Waals surface area (Å²) in [4.78, 5) is 14.0. The lowest BCUT2D eigenvalue weighted by Gasteiger charge is -2.32. The van der Waals surface area contributed by atoms with Crippen LogP contribution < -0.4 is 9.46 Å². The molecule has 140 valence electrons. The fourth-order valence-corrected chi connectivity index (χ4v) is 5.01. The molecule has 0 radical (unpaired) electrons. The van der Waals surface area contributed by atoms with E-state index in [4.69, 9.17) is 4.74 Å². The van der Waals surface area contributed by atoms with E-state index in [9.17, 15) is 13.2 Å². The molecule has 2 heterocycles. The summed E-state index contributed by atoms with van der Waals surface area (Å²) in [6, 6.07) is 12.6. The predicted octanol–water partition coefficient (Wildman–Crippen LogP) is 2.34. The Labute approximate surface area is 157 Å². The van der Waals surface area contributed by atoms with Crippen molar-refractivity contribution in [2.45, 2.75) is 17.1 Å². The Bertz CT molecular complexity index is 799. The number of amides is 1. The topological polar surface area (TPSA) is 75.7 Å². The van der Waals surface area contributed by atoms with Gasteiger partial charge in [0.15, 0.2) is 6.61 Å². The maximum Gasteiger partial charge on any atom is 0.260 e. The van der Waals surface area contributed by atoms with Crippen molar-refractivity contribution in [3.8, 4) is 5.75 Å². The molecule has 1 aromatic heterocycles. The summed E-state index contributed by atoms with van der Waals surface area (Å²) in [5.41, 5.74) is 0. The molecule has 2 aromatic rings. The number of benzene rings is 1. The molecule has 1 aliphatic heterocycles. The standard InChI is InChI=1S/C18H22N2O4S2/c21-17(14-24-16-5-2-1-3-6-16)20-10-8-15(9-11-20)13-19-26(22,23)18-7-4-12-25-18/h1-7,12,15,19H,8-11,13-14H2. The summed E-state index contributed by atoms with van der Waals surface area (Å²) in [5.74, 6) is 0.883. The van der Waals surface area contributed by atoms with Gasteiger partial charge in [-0.1, -0.05) is 24.3 Å². The van der Waals surface area contributed by atoms with Gasteiger partial charge < -0.3 is 9.64 Å². The SMILES string of the molecule is O=C(COc1ccccc1)N1CCC(CNS(=O)(=O)c2cccs2)CC1. The number of hydrogen-bond donors (Lipinski definition) is 1. The number of carbonyl (C=O) groups is 1. The molecular weight excluding hydrogens is 372 g/mol. The van der Waals surface area contributed by atoms with Gasteiger partial charge in [-0.05, 0) is 42.3 Å². The highest BCUT2D eigenvalue weighted by molar-refractivity contribution is 7.91. The molecular formula is C18H22N2O4S2. The van der Waals surface area contributed by atoms with Gasteiger partial charge in [-0.25, -0.2) is 13.1 Å². The molecule has 26 heavy (non-hydrogen) atoms. The van der Waals surface area contributed by atoms with Crippen molar-refractivity contribution in [3.63, 3.8) is 0 Å². The number of hydrogen-bond acceptors (Lipinski definition) is 5. The van der Waals surface area contributed by atoms with E-state index in [-0.39, 0.29) is 18.4 Å². The number of para-hydroxylation sites is 1. The lowest BCUT2D eigenvalue weighted by atomic mass is 9.97. The average Bonchev–Trinajstić information content (AvgIpc) is 3.22. The molecule has 0 aliphatic carbocycles. The minimum atomic E-state index is -3.42. The van der Waals surface area contributed by atoms with Gasteiger partial charge in [-0.2, -0.15) is 0 Å². The molecule has 1 aliphatic rings. The third-order valence-electron chi connectivity index (χ3n) is 4.39. The molecule has 1 N–H and O–H groups in total. The van der Waals surface area contributed by atoms with Crippen molar-refractivity contribution in [3.05, 3.63) is 47.8 Å². The summed E-state index contributed by atoms with van der Waals surface area (Å²) in [6.45, 7) is 1.69. The summed E-state index contributed by atoms with van der Waals surface area (Å²) < 4.78 is 32.8. The van der Waals surface area contributed by atoms with Crippen molar-refractivity contribution < 1.29 is 17.9 Å². The molecule has 0 saturated carbocycles. The van der Waals surface area contributed by atoms with Gasteiger partial charge in [0.25, 0.3) is 5.91 Å². The Morgan fingerprint density at radius 3 is 2.54 bits per heavy atom. The highest BCUT2D eigenvalue weighted by Gasteiger charge is 2.24. The van der Waals surface area contributed by atoms with E-state index in [0.717, 1.165) is 12.8 Å². The summed E-state index contributed by atoms with van der Waals surface area (Å²) >= 11 is 1.21. The number of ether oxygens (including phenoxy) is 1.